The van der Waals surface area contributed by atoms with E-state index >= 15 is 0 Å². The Bertz CT molecular complexity index is 1280. The standard InChI is InChI=1S/C21H18F3N7S/c1-10-11(2)32-20(26)31-21(10,8-22)14-4-13(5-15(23)17(14)24)30-19-18-16(28-9-29-19)3-12(6-25)7-27-18/h3-5,7,9-11H,8H2,1-2H3,(H2,26,31)(H,28,29,30)/t10-,11+,21+/m1/s1. The van der Waals surface area contributed by atoms with Crippen LogP contribution in [0.4, 0.5) is 24.7 Å². The van der Waals surface area contributed by atoms with Crippen LogP contribution in [0.2, 0.25) is 0 Å². The van der Waals surface area contributed by atoms with Crippen LogP contribution < -0.4 is 11.1 Å². The normalized spacial score (nSPS) is 22.9. The lowest BCUT2D eigenvalue weighted by atomic mass is 9.78. The van der Waals surface area contributed by atoms with E-state index in [1.807, 2.05) is 13.0 Å². The predicted octanol–water partition coefficient (Wildman–Crippen LogP) is 4.17. The van der Waals surface area contributed by atoms with Gasteiger partial charge < -0.3 is 11.1 Å². The molecule has 3 N–H and O–H groups in total. The largest absolute Gasteiger partial charge is 0.379 e. The molecule has 0 fully saturated rings. The summed E-state index contributed by atoms with van der Waals surface area (Å²) in [6.07, 6.45) is 2.61. The van der Waals surface area contributed by atoms with Gasteiger partial charge in [-0.2, -0.15) is 5.26 Å². The molecule has 0 saturated heterocycles. The van der Waals surface area contributed by atoms with Gasteiger partial charge in [0, 0.05) is 34.7 Å². The van der Waals surface area contributed by atoms with Crippen LogP contribution in [0.5, 0.6) is 0 Å². The fourth-order valence-corrected chi connectivity index (χ4v) is 4.77. The Kier molecular flexibility index (Phi) is 5.64. The Labute approximate surface area is 186 Å². The quantitative estimate of drug-likeness (QED) is 0.605. The van der Waals surface area contributed by atoms with E-state index in [9.17, 15) is 13.2 Å². The zero-order valence-corrected chi connectivity index (χ0v) is 17.9. The number of benzene rings is 1. The second-order valence-electron chi connectivity index (χ2n) is 7.49. The fourth-order valence-electron chi connectivity index (χ4n) is 3.74. The number of hydrogen-bond acceptors (Lipinski definition) is 8. The maximum Gasteiger partial charge on any atom is 0.164 e. The number of nitrogens with zero attached hydrogens (tertiary/aromatic N) is 5. The van der Waals surface area contributed by atoms with Gasteiger partial charge in [-0.05, 0) is 12.1 Å². The first-order valence-corrected chi connectivity index (χ1v) is 10.5. The molecule has 2 aromatic heterocycles. The molecule has 1 aromatic carbocycles. The first-order chi connectivity index (χ1) is 15.3. The third kappa shape index (κ3) is 3.60. The summed E-state index contributed by atoms with van der Waals surface area (Å²) < 4.78 is 44.0. The molecule has 3 heterocycles. The summed E-state index contributed by atoms with van der Waals surface area (Å²) in [4.78, 5) is 16.6. The number of aromatic nitrogens is 3. The molecule has 0 unspecified atom stereocenters. The van der Waals surface area contributed by atoms with Gasteiger partial charge in [0.2, 0.25) is 0 Å². The van der Waals surface area contributed by atoms with Crippen LogP contribution in [0.3, 0.4) is 0 Å². The maximum absolute atomic E-state index is 14.9. The minimum atomic E-state index is -1.66. The number of nitrogens with two attached hydrogens (primary N) is 1. The van der Waals surface area contributed by atoms with E-state index in [1.54, 1.807) is 6.92 Å². The number of thioether (sulfide) groups is 1. The summed E-state index contributed by atoms with van der Waals surface area (Å²) in [6, 6.07) is 5.76. The first kappa shape index (κ1) is 21.8. The van der Waals surface area contributed by atoms with Gasteiger partial charge in [-0.3, -0.25) is 0 Å². The van der Waals surface area contributed by atoms with Crippen molar-refractivity contribution >= 4 is 39.5 Å². The highest BCUT2D eigenvalue weighted by Crippen LogP contribution is 2.46. The van der Waals surface area contributed by atoms with Gasteiger partial charge in [-0.25, -0.2) is 33.1 Å². The summed E-state index contributed by atoms with van der Waals surface area (Å²) in [7, 11) is 0. The van der Waals surface area contributed by atoms with Crippen LogP contribution in [-0.2, 0) is 5.54 Å². The average Bonchev–Trinajstić information content (AvgIpc) is 2.78. The number of halogens is 3. The third-order valence-electron chi connectivity index (χ3n) is 5.64. The molecule has 1 aliphatic rings. The Balaban J connectivity index is 1.83. The van der Waals surface area contributed by atoms with Crippen molar-refractivity contribution in [2.45, 2.75) is 24.6 Å². The average molecular weight is 457 g/mol. The molecular weight excluding hydrogens is 439 g/mol. The SMILES string of the molecule is C[C@@H]1SC(N)=N[C@](CF)(c2cc(Nc3ncnc4cc(C#N)cnc34)cc(F)c2F)[C@@H]1C. The number of amidine groups is 1. The monoisotopic (exact) mass is 457 g/mol. The lowest BCUT2D eigenvalue weighted by Gasteiger charge is -2.40. The summed E-state index contributed by atoms with van der Waals surface area (Å²) in [5, 5.41) is 11.9. The van der Waals surface area contributed by atoms with Crippen LogP contribution in [0.1, 0.15) is 25.0 Å². The maximum atomic E-state index is 14.9. The van der Waals surface area contributed by atoms with Crippen LogP contribution in [0, 0.1) is 28.9 Å². The minimum Gasteiger partial charge on any atom is -0.379 e. The molecule has 0 amide bonds. The molecule has 0 bridgehead atoms. The van der Waals surface area contributed by atoms with Crippen LogP contribution in [0.15, 0.2) is 35.7 Å². The highest BCUT2D eigenvalue weighted by atomic mass is 32.2. The molecule has 3 atom stereocenters. The van der Waals surface area contributed by atoms with Crippen molar-refractivity contribution in [1.82, 2.24) is 15.0 Å². The number of alkyl halides is 1. The smallest absolute Gasteiger partial charge is 0.164 e. The highest BCUT2D eigenvalue weighted by Gasteiger charge is 2.46. The number of pyridine rings is 1. The Morgan fingerprint density at radius 1 is 1.22 bits per heavy atom. The molecule has 164 valence electrons. The summed E-state index contributed by atoms with van der Waals surface area (Å²) in [6.45, 7) is 2.53. The van der Waals surface area contributed by atoms with Crippen molar-refractivity contribution in [3.63, 3.8) is 0 Å². The number of anilines is 2. The number of rotatable bonds is 4. The molecule has 0 radical (unpaired) electrons. The van der Waals surface area contributed by atoms with E-state index in [0.29, 0.717) is 16.6 Å². The van der Waals surface area contributed by atoms with Gasteiger partial charge in [-0.15, -0.1) is 0 Å². The Morgan fingerprint density at radius 3 is 2.72 bits per heavy atom. The zero-order chi connectivity index (χ0) is 23.0. The van der Waals surface area contributed by atoms with Crippen molar-refractivity contribution in [2.24, 2.45) is 16.6 Å². The second-order valence-corrected chi connectivity index (χ2v) is 8.89. The second kappa shape index (κ2) is 8.27. The number of fused-ring (bicyclic) bond motifs is 1. The molecule has 1 aliphatic heterocycles. The van der Waals surface area contributed by atoms with Gasteiger partial charge in [0.15, 0.2) is 22.6 Å². The molecule has 4 rings (SSSR count). The van der Waals surface area contributed by atoms with Crippen LogP contribution >= 0.6 is 11.8 Å². The fraction of sp³-hybridized carbons (Fsp3) is 0.286. The van der Waals surface area contributed by atoms with Crippen molar-refractivity contribution in [3.8, 4) is 6.07 Å². The van der Waals surface area contributed by atoms with Crippen LogP contribution in [-0.4, -0.2) is 32.0 Å². The number of hydrogen-bond donors (Lipinski definition) is 2. The number of nitriles is 1. The summed E-state index contributed by atoms with van der Waals surface area (Å²) in [5.41, 5.74) is 5.15. The van der Waals surface area contributed by atoms with Gasteiger partial charge in [0.05, 0.1) is 11.1 Å². The lowest BCUT2D eigenvalue weighted by Crippen LogP contribution is -2.45. The van der Waals surface area contributed by atoms with Gasteiger partial charge in [-0.1, -0.05) is 25.6 Å². The van der Waals surface area contributed by atoms with E-state index in [2.05, 4.69) is 25.3 Å². The predicted molar refractivity (Wildman–Crippen MR) is 117 cm³/mol. The first-order valence-electron chi connectivity index (χ1n) is 9.64. The number of aliphatic imine (C=N–C) groups is 1. The molecular formula is C21H18F3N7S. The molecule has 32 heavy (non-hydrogen) atoms. The van der Waals surface area contributed by atoms with E-state index in [1.165, 1.54) is 36.4 Å². The topological polar surface area (TPSA) is 113 Å². The zero-order valence-electron chi connectivity index (χ0n) is 17.1. The van der Waals surface area contributed by atoms with Gasteiger partial charge in [0.1, 0.15) is 30.1 Å². The molecule has 3 aromatic rings. The van der Waals surface area contributed by atoms with E-state index in [4.69, 9.17) is 11.0 Å². The Morgan fingerprint density at radius 2 is 2.00 bits per heavy atom. The van der Waals surface area contributed by atoms with Crippen molar-refractivity contribution in [2.75, 3.05) is 12.0 Å². The number of nitrogens with one attached hydrogen (secondary N) is 1. The Hall–Kier alpha value is -3.39. The van der Waals surface area contributed by atoms with Crippen molar-refractivity contribution in [1.29, 1.82) is 5.26 Å². The van der Waals surface area contributed by atoms with Crippen molar-refractivity contribution < 1.29 is 13.2 Å². The minimum absolute atomic E-state index is 0.116. The third-order valence-corrected chi connectivity index (χ3v) is 6.75. The molecule has 0 aliphatic carbocycles. The van der Waals surface area contributed by atoms with E-state index in [-0.39, 0.29) is 27.5 Å². The highest BCUT2D eigenvalue weighted by molar-refractivity contribution is 8.14. The van der Waals surface area contributed by atoms with Crippen LogP contribution in [0.25, 0.3) is 11.0 Å². The molecule has 11 heteroatoms. The summed E-state index contributed by atoms with van der Waals surface area (Å²) >= 11 is 1.26. The summed E-state index contributed by atoms with van der Waals surface area (Å²) in [5.74, 6) is -2.59. The van der Waals surface area contributed by atoms with E-state index in [0.717, 1.165) is 6.07 Å². The van der Waals surface area contributed by atoms with E-state index < -0.39 is 29.8 Å². The lowest BCUT2D eigenvalue weighted by molar-refractivity contribution is 0.215. The van der Waals surface area contributed by atoms with Gasteiger partial charge >= 0.3 is 0 Å². The molecule has 0 spiro atoms. The van der Waals surface area contributed by atoms with Crippen molar-refractivity contribution in [3.05, 3.63) is 53.5 Å². The molecule has 0 saturated carbocycles. The van der Waals surface area contributed by atoms with Gasteiger partial charge in [0.25, 0.3) is 0 Å². The molecule has 7 nitrogen and oxygen atoms in total.